The predicted molar refractivity (Wildman–Crippen MR) is 90.8 cm³/mol. The van der Waals surface area contributed by atoms with Gasteiger partial charge >= 0.3 is 6.09 Å². The van der Waals surface area contributed by atoms with Gasteiger partial charge in [-0.2, -0.15) is 0 Å². The van der Waals surface area contributed by atoms with E-state index in [4.69, 9.17) is 4.74 Å². The highest BCUT2D eigenvalue weighted by Gasteiger charge is 2.14. The van der Waals surface area contributed by atoms with Crippen molar-refractivity contribution >= 4 is 6.09 Å². The standard InChI is InChI=1S/C18H27FN2O2/c1-5-16(14-8-10-15(19)11-9-14)20-12-6-7-13-21-17(22)23-18(2,3)4/h6-11,16,20H,5,12-13H2,1-4H3,(H,21,22)/b7-6+. The van der Waals surface area contributed by atoms with Crippen LogP contribution in [0.2, 0.25) is 0 Å². The maximum Gasteiger partial charge on any atom is 0.407 e. The van der Waals surface area contributed by atoms with Crippen LogP contribution in [0.15, 0.2) is 36.4 Å². The van der Waals surface area contributed by atoms with Gasteiger partial charge in [-0.05, 0) is 44.9 Å². The van der Waals surface area contributed by atoms with E-state index in [2.05, 4.69) is 17.6 Å². The minimum atomic E-state index is -0.487. The highest BCUT2D eigenvalue weighted by Crippen LogP contribution is 2.16. The van der Waals surface area contributed by atoms with E-state index in [-0.39, 0.29) is 11.9 Å². The first kappa shape index (κ1) is 19.2. The van der Waals surface area contributed by atoms with Gasteiger partial charge in [0.05, 0.1) is 0 Å². The Morgan fingerprint density at radius 2 is 1.83 bits per heavy atom. The van der Waals surface area contributed by atoms with Crippen molar-refractivity contribution in [3.8, 4) is 0 Å². The Balaban J connectivity index is 2.29. The molecular formula is C18H27FN2O2. The molecule has 0 aromatic heterocycles. The summed E-state index contributed by atoms with van der Waals surface area (Å²) in [6.45, 7) is 8.65. The van der Waals surface area contributed by atoms with Gasteiger partial charge < -0.3 is 15.4 Å². The summed E-state index contributed by atoms with van der Waals surface area (Å²) in [6.07, 6.45) is 4.31. The molecule has 1 aromatic carbocycles. The van der Waals surface area contributed by atoms with Gasteiger partial charge in [-0.1, -0.05) is 31.2 Å². The molecule has 0 fully saturated rings. The van der Waals surface area contributed by atoms with E-state index >= 15 is 0 Å². The first-order valence-corrected chi connectivity index (χ1v) is 7.92. The van der Waals surface area contributed by atoms with Crippen molar-refractivity contribution < 1.29 is 13.9 Å². The number of hydrogen-bond acceptors (Lipinski definition) is 3. The Labute approximate surface area is 138 Å². The van der Waals surface area contributed by atoms with E-state index in [1.54, 1.807) is 12.1 Å². The Hall–Kier alpha value is -1.88. The molecule has 0 heterocycles. The van der Waals surface area contributed by atoms with Crippen molar-refractivity contribution in [3.05, 3.63) is 47.8 Å². The van der Waals surface area contributed by atoms with Crippen molar-refractivity contribution in [3.63, 3.8) is 0 Å². The molecule has 0 aliphatic heterocycles. The van der Waals surface area contributed by atoms with E-state index in [0.29, 0.717) is 13.1 Å². The zero-order valence-electron chi connectivity index (χ0n) is 14.4. The maximum atomic E-state index is 12.9. The molecular weight excluding hydrogens is 295 g/mol. The van der Waals surface area contributed by atoms with Crippen LogP contribution in [-0.4, -0.2) is 24.8 Å². The molecule has 0 spiro atoms. The zero-order chi connectivity index (χ0) is 17.3. The van der Waals surface area contributed by atoms with Crippen molar-refractivity contribution in [1.29, 1.82) is 0 Å². The number of amides is 1. The second kappa shape index (κ2) is 9.30. The Kier molecular flexibility index (Phi) is 7.75. The summed E-state index contributed by atoms with van der Waals surface area (Å²) in [5, 5.41) is 6.04. The van der Waals surface area contributed by atoms with E-state index in [0.717, 1.165) is 12.0 Å². The van der Waals surface area contributed by atoms with E-state index in [9.17, 15) is 9.18 Å². The summed E-state index contributed by atoms with van der Waals surface area (Å²) in [5.74, 6) is -0.225. The van der Waals surface area contributed by atoms with E-state index < -0.39 is 11.7 Å². The van der Waals surface area contributed by atoms with Crippen molar-refractivity contribution in [1.82, 2.24) is 10.6 Å². The quantitative estimate of drug-likeness (QED) is 0.747. The number of carbonyl (C=O) groups is 1. The topological polar surface area (TPSA) is 50.4 Å². The SMILES string of the molecule is CCC(NC/C=C/CNC(=O)OC(C)(C)C)c1ccc(F)cc1. The van der Waals surface area contributed by atoms with Gasteiger partial charge in [-0.15, -0.1) is 0 Å². The Bertz CT molecular complexity index is 507. The van der Waals surface area contributed by atoms with Crippen molar-refractivity contribution in [2.45, 2.75) is 45.8 Å². The van der Waals surface area contributed by atoms with Crippen LogP contribution in [0.3, 0.4) is 0 Å². The minimum Gasteiger partial charge on any atom is -0.444 e. The molecule has 0 aliphatic carbocycles. The third-order valence-corrected chi connectivity index (χ3v) is 3.09. The lowest BCUT2D eigenvalue weighted by molar-refractivity contribution is 0.0534. The molecule has 1 unspecified atom stereocenters. The minimum absolute atomic E-state index is 0.180. The summed E-state index contributed by atoms with van der Waals surface area (Å²) >= 11 is 0. The van der Waals surface area contributed by atoms with Crippen LogP contribution in [0.1, 0.15) is 45.7 Å². The number of rotatable bonds is 7. The predicted octanol–water partition coefficient (Wildman–Crippen LogP) is 3.95. The third-order valence-electron chi connectivity index (χ3n) is 3.09. The van der Waals surface area contributed by atoms with Crippen LogP contribution in [0, 0.1) is 5.82 Å². The smallest absolute Gasteiger partial charge is 0.407 e. The molecule has 1 aromatic rings. The molecule has 1 rings (SSSR count). The highest BCUT2D eigenvalue weighted by molar-refractivity contribution is 5.67. The van der Waals surface area contributed by atoms with Crippen LogP contribution >= 0.6 is 0 Å². The maximum absolute atomic E-state index is 12.9. The van der Waals surface area contributed by atoms with Crippen LogP contribution in [0.4, 0.5) is 9.18 Å². The molecule has 1 amide bonds. The monoisotopic (exact) mass is 322 g/mol. The van der Waals surface area contributed by atoms with Gasteiger partial charge in [-0.3, -0.25) is 0 Å². The average Bonchev–Trinajstić information content (AvgIpc) is 2.46. The lowest BCUT2D eigenvalue weighted by Gasteiger charge is -2.19. The molecule has 0 saturated heterocycles. The molecule has 1 atom stereocenters. The number of hydrogen-bond donors (Lipinski definition) is 2. The van der Waals surface area contributed by atoms with Gasteiger partial charge in [0, 0.05) is 19.1 Å². The molecule has 0 saturated carbocycles. The van der Waals surface area contributed by atoms with Gasteiger partial charge in [0.2, 0.25) is 0 Å². The fourth-order valence-corrected chi connectivity index (χ4v) is 2.03. The molecule has 4 nitrogen and oxygen atoms in total. The second-order valence-corrected chi connectivity index (χ2v) is 6.27. The summed E-state index contributed by atoms with van der Waals surface area (Å²) in [4.78, 5) is 11.4. The van der Waals surface area contributed by atoms with Crippen LogP contribution in [0.5, 0.6) is 0 Å². The number of halogens is 1. The van der Waals surface area contributed by atoms with E-state index in [1.165, 1.54) is 12.1 Å². The van der Waals surface area contributed by atoms with Gasteiger partial charge in [0.1, 0.15) is 11.4 Å². The molecule has 5 heteroatoms. The normalized spacial score (nSPS) is 13.1. The summed E-state index contributed by atoms with van der Waals surface area (Å²) < 4.78 is 18.1. The third kappa shape index (κ3) is 8.35. The van der Waals surface area contributed by atoms with Crippen molar-refractivity contribution in [2.75, 3.05) is 13.1 Å². The first-order valence-electron chi connectivity index (χ1n) is 7.92. The second-order valence-electron chi connectivity index (χ2n) is 6.27. The van der Waals surface area contributed by atoms with Crippen LogP contribution < -0.4 is 10.6 Å². The first-order chi connectivity index (χ1) is 10.8. The molecule has 23 heavy (non-hydrogen) atoms. The fraction of sp³-hybridized carbons (Fsp3) is 0.500. The number of ether oxygens (including phenoxy) is 1. The molecule has 0 aliphatic rings. The summed E-state index contributed by atoms with van der Waals surface area (Å²) in [7, 11) is 0. The van der Waals surface area contributed by atoms with Gasteiger partial charge in [0.25, 0.3) is 0 Å². The van der Waals surface area contributed by atoms with Crippen molar-refractivity contribution in [2.24, 2.45) is 0 Å². The Morgan fingerprint density at radius 3 is 2.39 bits per heavy atom. The average molecular weight is 322 g/mol. The number of nitrogens with one attached hydrogen (secondary N) is 2. The lowest BCUT2D eigenvalue weighted by atomic mass is 10.0. The molecule has 0 radical (unpaired) electrons. The highest BCUT2D eigenvalue weighted by atomic mass is 19.1. The van der Waals surface area contributed by atoms with Gasteiger partial charge in [-0.25, -0.2) is 9.18 Å². The van der Waals surface area contributed by atoms with Crippen LogP contribution in [0.25, 0.3) is 0 Å². The van der Waals surface area contributed by atoms with Gasteiger partial charge in [0.15, 0.2) is 0 Å². The summed E-state index contributed by atoms with van der Waals surface area (Å²) in [6, 6.07) is 6.72. The molecule has 0 bridgehead atoms. The number of alkyl carbamates (subject to hydrolysis) is 1. The largest absolute Gasteiger partial charge is 0.444 e. The number of carbonyl (C=O) groups excluding carboxylic acids is 1. The summed E-state index contributed by atoms with van der Waals surface area (Å²) in [5.41, 5.74) is 0.577. The van der Waals surface area contributed by atoms with E-state index in [1.807, 2.05) is 32.9 Å². The zero-order valence-corrected chi connectivity index (χ0v) is 14.4. The Morgan fingerprint density at radius 1 is 1.22 bits per heavy atom. The lowest BCUT2D eigenvalue weighted by Crippen LogP contribution is -2.32. The van der Waals surface area contributed by atoms with Crippen LogP contribution in [-0.2, 0) is 4.74 Å². The fourth-order valence-electron chi connectivity index (χ4n) is 2.03. The molecule has 128 valence electrons. The molecule has 2 N–H and O–H groups in total. The number of benzene rings is 1.